The number of hydrogen-bond donors (Lipinski definition) is 1. The number of nitrogens with one attached hydrogen (secondary N) is 1. The Morgan fingerprint density at radius 1 is 1.24 bits per heavy atom. The Morgan fingerprint density at radius 2 is 2.07 bits per heavy atom. The van der Waals surface area contributed by atoms with E-state index in [1.54, 1.807) is 29.3 Å². The number of nitrogens with zero attached hydrogens (tertiary/aromatic N) is 5. The molecule has 8 nitrogen and oxygen atoms in total. The van der Waals surface area contributed by atoms with Crippen LogP contribution in [0.2, 0.25) is 0 Å². The molecule has 9 heteroatoms. The smallest absolute Gasteiger partial charge is 0.178 e. The van der Waals surface area contributed by atoms with Crippen LogP contribution < -0.4 is 4.90 Å². The van der Waals surface area contributed by atoms with Gasteiger partial charge in [0.25, 0.3) is 0 Å². The van der Waals surface area contributed by atoms with Gasteiger partial charge in [0.05, 0.1) is 27.7 Å². The van der Waals surface area contributed by atoms with Gasteiger partial charge in [-0.2, -0.15) is 5.10 Å². The van der Waals surface area contributed by atoms with Crippen LogP contribution in [0.25, 0.3) is 21.9 Å². The molecule has 1 aliphatic rings. The van der Waals surface area contributed by atoms with Gasteiger partial charge in [-0.25, -0.2) is 18.4 Å². The molecule has 0 atom stereocenters. The predicted octanol–water partition coefficient (Wildman–Crippen LogP) is 2.53. The lowest BCUT2D eigenvalue weighted by Gasteiger charge is -2.41. The zero-order chi connectivity index (χ0) is 20.2. The van der Waals surface area contributed by atoms with Gasteiger partial charge in [0.2, 0.25) is 0 Å². The number of aryl methyl sites for hydroxylation is 1. The Morgan fingerprint density at radius 3 is 2.90 bits per heavy atom. The van der Waals surface area contributed by atoms with Gasteiger partial charge in [-0.05, 0) is 43.0 Å². The number of anilines is 1. The van der Waals surface area contributed by atoms with E-state index in [1.165, 1.54) is 0 Å². The molecule has 0 spiro atoms. The summed E-state index contributed by atoms with van der Waals surface area (Å²) < 4.78 is 27.6. The summed E-state index contributed by atoms with van der Waals surface area (Å²) in [6.07, 6.45) is 6.82. The highest BCUT2D eigenvalue weighted by molar-refractivity contribution is 7.91. The normalized spacial score (nSPS) is 19.5. The molecule has 4 aromatic rings. The number of hydrogen-bond acceptors (Lipinski definition) is 6. The zero-order valence-electron chi connectivity index (χ0n) is 16.3. The first-order chi connectivity index (χ1) is 13.9. The Bertz CT molecular complexity index is 1300. The highest BCUT2D eigenvalue weighted by Crippen LogP contribution is 2.36. The van der Waals surface area contributed by atoms with Crippen LogP contribution in [0.1, 0.15) is 12.8 Å². The van der Waals surface area contributed by atoms with E-state index in [2.05, 4.69) is 25.0 Å². The standard InChI is InChI=1S/C20H22N6O2S/c1-25(20-17-5-6-21-19(17)22-12-23-20)15-7-13(8-15)11-29(27,28)16-4-3-14-10-24-26(2)18(14)9-16/h3-6,9-10,12-13,15H,7-8,11H2,1-2H3,(H,21,22,23). The summed E-state index contributed by atoms with van der Waals surface area (Å²) in [5.74, 6) is 1.20. The molecule has 0 saturated heterocycles. The van der Waals surface area contributed by atoms with Gasteiger partial charge in [0.15, 0.2) is 9.84 Å². The van der Waals surface area contributed by atoms with Crippen LogP contribution in [-0.4, -0.2) is 52.0 Å². The monoisotopic (exact) mass is 410 g/mol. The third-order valence-electron chi connectivity index (χ3n) is 5.96. The average Bonchev–Trinajstić information content (AvgIpc) is 3.30. The minimum Gasteiger partial charge on any atom is -0.356 e. The van der Waals surface area contributed by atoms with Crippen LogP contribution in [0.15, 0.2) is 47.9 Å². The van der Waals surface area contributed by atoms with Crippen molar-refractivity contribution in [3.63, 3.8) is 0 Å². The molecule has 1 aromatic carbocycles. The highest BCUT2D eigenvalue weighted by atomic mass is 32.2. The molecule has 0 unspecified atom stereocenters. The van der Waals surface area contributed by atoms with E-state index < -0.39 is 9.84 Å². The van der Waals surface area contributed by atoms with E-state index >= 15 is 0 Å². The van der Waals surface area contributed by atoms with Crippen molar-refractivity contribution in [2.45, 2.75) is 23.8 Å². The molecule has 1 aliphatic carbocycles. The topological polar surface area (TPSA) is 96.8 Å². The zero-order valence-corrected chi connectivity index (χ0v) is 17.1. The summed E-state index contributed by atoms with van der Waals surface area (Å²) in [5.41, 5.74) is 1.64. The molecule has 0 amide bonds. The van der Waals surface area contributed by atoms with Crippen LogP contribution >= 0.6 is 0 Å². The van der Waals surface area contributed by atoms with E-state index in [-0.39, 0.29) is 17.7 Å². The van der Waals surface area contributed by atoms with Crippen LogP contribution in [-0.2, 0) is 16.9 Å². The first-order valence-electron chi connectivity index (χ1n) is 9.58. The van der Waals surface area contributed by atoms with Crippen molar-refractivity contribution in [2.24, 2.45) is 13.0 Å². The van der Waals surface area contributed by atoms with Gasteiger partial charge in [-0.3, -0.25) is 4.68 Å². The Kier molecular flexibility index (Phi) is 4.09. The van der Waals surface area contributed by atoms with Gasteiger partial charge in [0, 0.05) is 31.7 Å². The summed E-state index contributed by atoms with van der Waals surface area (Å²) in [6, 6.07) is 7.48. The molecule has 0 bridgehead atoms. The first kappa shape index (κ1) is 18.1. The second kappa shape index (κ2) is 6.55. The minimum atomic E-state index is -3.34. The third-order valence-corrected chi connectivity index (χ3v) is 7.84. The lowest BCUT2D eigenvalue weighted by Crippen LogP contribution is -2.45. The largest absolute Gasteiger partial charge is 0.356 e. The maximum atomic E-state index is 12.9. The van der Waals surface area contributed by atoms with Crippen molar-refractivity contribution < 1.29 is 8.42 Å². The molecule has 3 aromatic heterocycles. The molecule has 1 saturated carbocycles. The molecular weight excluding hydrogens is 388 g/mol. The van der Waals surface area contributed by atoms with E-state index in [9.17, 15) is 8.42 Å². The van der Waals surface area contributed by atoms with E-state index in [4.69, 9.17) is 0 Å². The first-order valence-corrected chi connectivity index (χ1v) is 11.2. The molecule has 5 rings (SSSR count). The highest BCUT2D eigenvalue weighted by Gasteiger charge is 2.36. The summed E-state index contributed by atoms with van der Waals surface area (Å²) >= 11 is 0. The number of benzene rings is 1. The van der Waals surface area contributed by atoms with E-state index in [1.807, 2.05) is 32.4 Å². The predicted molar refractivity (Wildman–Crippen MR) is 112 cm³/mol. The number of fused-ring (bicyclic) bond motifs is 2. The molecule has 1 N–H and O–H groups in total. The number of H-pyrrole nitrogens is 1. The Labute approximate surface area is 168 Å². The van der Waals surface area contributed by atoms with Gasteiger partial charge in [-0.1, -0.05) is 0 Å². The van der Waals surface area contributed by atoms with Crippen LogP contribution in [0.4, 0.5) is 5.82 Å². The van der Waals surface area contributed by atoms with Crippen molar-refractivity contribution in [2.75, 3.05) is 17.7 Å². The molecule has 29 heavy (non-hydrogen) atoms. The lowest BCUT2D eigenvalue weighted by molar-refractivity contribution is 0.282. The maximum absolute atomic E-state index is 12.9. The fraction of sp³-hybridized carbons (Fsp3) is 0.350. The fourth-order valence-electron chi connectivity index (χ4n) is 4.19. The quantitative estimate of drug-likeness (QED) is 0.543. The van der Waals surface area contributed by atoms with Crippen LogP contribution in [0.5, 0.6) is 0 Å². The van der Waals surface area contributed by atoms with Gasteiger partial charge in [-0.15, -0.1) is 0 Å². The van der Waals surface area contributed by atoms with Crippen molar-refractivity contribution in [1.82, 2.24) is 24.7 Å². The number of aromatic amines is 1. The van der Waals surface area contributed by atoms with Gasteiger partial charge in [0.1, 0.15) is 17.8 Å². The molecule has 150 valence electrons. The molecule has 1 fully saturated rings. The second-order valence-corrected chi connectivity index (χ2v) is 9.84. The summed E-state index contributed by atoms with van der Waals surface area (Å²) in [5, 5.41) is 6.11. The maximum Gasteiger partial charge on any atom is 0.178 e. The van der Waals surface area contributed by atoms with E-state index in [0.717, 1.165) is 40.6 Å². The summed E-state index contributed by atoms with van der Waals surface area (Å²) in [6.45, 7) is 0. The van der Waals surface area contributed by atoms with Crippen LogP contribution in [0, 0.1) is 5.92 Å². The molecule has 0 aliphatic heterocycles. The third kappa shape index (κ3) is 3.05. The average molecular weight is 411 g/mol. The second-order valence-electron chi connectivity index (χ2n) is 7.81. The molecular formula is C20H22N6O2S. The van der Waals surface area contributed by atoms with Crippen molar-refractivity contribution in [1.29, 1.82) is 0 Å². The van der Waals surface area contributed by atoms with E-state index in [0.29, 0.717) is 4.90 Å². The van der Waals surface area contributed by atoms with Crippen molar-refractivity contribution in [3.05, 3.63) is 43.0 Å². The molecule has 0 radical (unpaired) electrons. The Hall–Kier alpha value is -2.94. The number of sulfone groups is 1. The fourth-order valence-corrected chi connectivity index (χ4v) is 5.84. The molecule has 3 heterocycles. The van der Waals surface area contributed by atoms with Gasteiger partial charge < -0.3 is 9.88 Å². The number of aromatic nitrogens is 5. The van der Waals surface area contributed by atoms with Crippen molar-refractivity contribution in [3.8, 4) is 0 Å². The summed E-state index contributed by atoms with van der Waals surface area (Å²) in [7, 11) is 0.497. The number of rotatable bonds is 5. The summed E-state index contributed by atoms with van der Waals surface area (Å²) in [4.78, 5) is 14.3. The van der Waals surface area contributed by atoms with Crippen molar-refractivity contribution >= 4 is 37.6 Å². The SMILES string of the molecule is CN(c1ncnc2[nH]ccc12)C1CC(CS(=O)(=O)c2ccc3cnn(C)c3c2)C1. The van der Waals surface area contributed by atoms with Crippen LogP contribution in [0.3, 0.4) is 0 Å². The Balaban J connectivity index is 1.29. The minimum absolute atomic E-state index is 0.151. The lowest BCUT2D eigenvalue weighted by atomic mass is 9.81. The van der Waals surface area contributed by atoms with Gasteiger partial charge >= 0.3 is 0 Å².